The Bertz CT molecular complexity index is 471. The average Bonchev–Trinajstić information content (AvgIpc) is 2.30. The summed E-state index contributed by atoms with van der Waals surface area (Å²) < 4.78 is 5.11. The molecular weight excluding hydrogens is 220 g/mol. The second kappa shape index (κ2) is 4.45. The smallest absolute Gasteiger partial charge is 0.234 e. The van der Waals surface area contributed by atoms with Crippen LogP contribution in [0.3, 0.4) is 0 Å². The standard InChI is InChI=1S/C12H14N2O3/c1-17-10-6-7(2-4-9(10)13)8-3-5-11(15)14-12(8)16/h2,4,6,8H,3,5,13H2,1H3,(H,14,15,16). The highest BCUT2D eigenvalue weighted by Crippen LogP contribution is 2.30. The molecular formula is C12H14N2O3. The number of amides is 2. The van der Waals surface area contributed by atoms with Gasteiger partial charge in [-0.15, -0.1) is 0 Å². The van der Waals surface area contributed by atoms with Crippen molar-refractivity contribution in [2.75, 3.05) is 12.8 Å². The number of carbonyl (C=O) groups is 2. The second-order valence-corrected chi connectivity index (χ2v) is 4.01. The molecule has 3 N–H and O–H groups in total. The summed E-state index contributed by atoms with van der Waals surface area (Å²) in [4.78, 5) is 22.7. The SMILES string of the molecule is COc1cc(C2CCC(=O)NC2=O)ccc1N. The van der Waals surface area contributed by atoms with E-state index in [-0.39, 0.29) is 17.7 Å². The maximum Gasteiger partial charge on any atom is 0.234 e. The number of carbonyl (C=O) groups excluding carboxylic acids is 2. The molecule has 0 spiro atoms. The van der Waals surface area contributed by atoms with E-state index in [0.29, 0.717) is 24.3 Å². The minimum Gasteiger partial charge on any atom is -0.495 e. The molecule has 0 aromatic heterocycles. The molecule has 1 aliphatic rings. The Morgan fingerprint density at radius 1 is 1.41 bits per heavy atom. The summed E-state index contributed by atoms with van der Waals surface area (Å²) in [5, 5.41) is 2.33. The van der Waals surface area contributed by atoms with Gasteiger partial charge in [-0.1, -0.05) is 6.07 Å². The predicted octanol–water partition coefficient (Wildman–Crippen LogP) is 0.798. The van der Waals surface area contributed by atoms with E-state index in [1.165, 1.54) is 7.11 Å². The Hall–Kier alpha value is -2.04. The van der Waals surface area contributed by atoms with Crippen molar-refractivity contribution in [2.45, 2.75) is 18.8 Å². The van der Waals surface area contributed by atoms with Crippen LogP contribution in [0, 0.1) is 0 Å². The Morgan fingerprint density at radius 3 is 2.82 bits per heavy atom. The highest BCUT2D eigenvalue weighted by atomic mass is 16.5. The van der Waals surface area contributed by atoms with Crippen molar-refractivity contribution in [1.29, 1.82) is 0 Å². The van der Waals surface area contributed by atoms with Gasteiger partial charge in [-0.05, 0) is 24.1 Å². The van der Waals surface area contributed by atoms with Gasteiger partial charge in [0.15, 0.2) is 0 Å². The number of hydrogen-bond acceptors (Lipinski definition) is 4. The molecule has 1 saturated heterocycles. The van der Waals surface area contributed by atoms with Crippen molar-refractivity contribution >= 4 is 17.5 Å². The summed E-state index contributed by atoms with van der Waals surface area (Å²) in [5.41, 5.74) is 7.06. The molecule has 1 aromatic rings. The van der Waals surface area contributed by atoms with Crippen LogP contribution in [0.15, 0.2) is 18.2 Å². The number of nitrogen functional groups attached to an aromatic ring is 1. The normalized spacial score (nSPS) is 19.9. The lowest BCUT2D eigenvalue weighted by atomic mass is 9.90. The van der Waals surface area contributed by atoms with Crippen molar-refractivity contribution in [3.63, 3.8) is 0 Å². The minimum atomic E-state index is -0.304. The van der Waals surface area contributed by atoms with Crippen molar-refractivity contribution < 1.29 is 14.3 Å². The van der Waals surface area contributed by atoms with Crippen LogP contribution in [0.5, 0.6) is 5.75 Å². The van der Waals surface area contributed by atoms with Gasteiger partial charge in [-0.3, -0.25) is 14.9 Å². The van der Waals surface area contributed by atoms with Crippen LogP contribution in [0.1, 0.15) is 24.3 Å². The summed E-state index contributed by atoms with van der Waals surface area (Å²) in [5.74, 6) is -0.226. The van der Waals surface area contributed by atoms with Gasteiger partial charge in [-0.2, -0.15) is 0 Å². The van der Waals surface area contributed by atoms with Gasteiger partial charge in [0.2, 0.25) is 11.8 Å². The Balaban J connectivity index is 2.28. The molecule has 1 aliphatic heterocycles. The average molecular weight is 234 g/mol. The lowest BCUT2D eigenvalue weighted by molar-refractivity contribution is -0.134. The maximum absolute atomic E-state index is 11.7. The molecule has 5 nitrogen and oxygen atoms in total. The van der Waals surface area contributed by atoms with E-state index < -0.39 is 0 Å². The third-order valence-corrected chi connectivity index (χ3v) is 2.90. The van der Waals surface area contributed by atoms with Gasteiger partial charge in [0.25, 0.3) is 0 Å². The number of methoxy groups -OCH3 is 1. The van der Waals surface area contributed by atoms with E-state index in [0.717, 1.165) is 5.56 Å². The number of benzene rings is 1. The molecule has 17 heavy (non-hydrogen) atoms. The van der Waals surface area contributed by atoms with Crippen molar-refractivity contribution in [3.8, 4) is 5.75 Å². The van der Waals surface area contributed by atoms with Gasteiger partial charge >= 0.3 is 0 Å². The van der Waals surface area contributed by atoms with Gasteiger partial charge < -0.3 is 10.5 Å². The van der Waals surface area contributed by atoms with E-state index in [1.807, 2.05) is 0 Å². The van der Waals surface area contributed by atoms with Gasteiger partial charge in [-0.25, -0.2) is 0 Å². The zero-order valence-electron chi connectivity index (χ0n) is 9.53. The van der Waals surface area contributed by atoms with Gasteiger partial charge in [0, 0.05) is 6.42 Å². The zero-order valence-corrected chi connectivity index (χ0v) is 9.53. The van der Waals surface area contributed by atoms with Crippen LogP contribution in [-0.2, 0) is 9.59 Å². The number of rotatable bonds is 2. The summed E-state index contributed by atoms with van der Waals surface area (Å²) >= 11 is 0. The number of hydrogen-bond donors (Lipinski definition) is 2. The molecule has 90 valence electrons. The van der Waals surface area contributed by atoms with E-state index >= 15 is 0 Å². The highest BCUT2D eigenvalue weighted by molar-refractivity contribution is 6.01. The molecule has 2 rings (SSSR count). The van der Waals surface area contributed by atoms with E-state index in [2.05, 4.69) is 5.32 Å². The van der Waals surface area contributed by atoms with Crippen LogP contribution >= 0.6 is 0 Å². The van der Waals surface area contributed by atoms with Crippen LogP contribution in [0.25, 0.3) is 0 Å². The Kier molecular flexibility index (Phi) is 2.99. The first-order valence-corrected chi connectivity index (χ1v) is 5.39. The minimum absolute atomic E-state index is 0.214. The number of imide groups is 1. The maximum atomic E-state index is 11.7. The summed E-state index contributed by atoms with van der Waals surface area (Å²) in [7, 11) is 1.53. The molecule has 0 saturated carbocycles. The predicted molar refractivity (Wildman–Crippen MR) is 62.5 cm³/mol. The number of ether oxygens (including phenoxy) is 1. The van der Waals surface area contributed by atoms with Crippen LogP contribution in [-0.4, -0.2) is 18.9 Å². The topological polar surface area (TPSA) is 81.4 Å². The van der Waals surface area contributed by atoms with E-state index in [9.17, 15) is 9.59 Å². The quantitative estimate of drug-likeness (QED) is 0.585. The molecule has 0 radical (unpaired) electrons. The lowest BCUT2D eigenvalue weighted by Gasteiger charge is -2.21. The number of piperidine rings is 1. The molecule has 2 amide bonds. The summed E-state index contributed by atoms with van der Waals surface area (Å²) in [6.07, 6.45) is 0.890. The molecule has 5 heteroatoms. The third-order valence-electron chi connectivity index (χ3n) is 2.90. The monoisotopic (exact) mass is 234 g/mol. The van der Waals surface area contributed by atoms with E-state index in [4.69, 9.17) is 10.5 Å². The largest absolute Gasteiger partial charge is 0.495 e. The molecule has 1 aromatic carbocycles. The van der Waals surface area contributed by atoms with Crippen LogP contribution in [0.2, 0.25) is 0 Å². The Morgan fingerprint density at radius 2 is 2.18 bits per heavy atom. The molecule has 1 heterocycles. The van der Waals surface area contributed by atoms with Crippen molar-refractivity contribution in [1.82, 2.24) is 5.32 Å². The lowest BCUT2D eigenvalue weighted by Crippen LogP contribution is -2.39. The first kappa shape index (κ1) is 11.4. The first-order chi connectivity index (χ1) is 8.11. The number of anilines is 1. The molecule has 1 fully saturated rings. The molecule has 1 atom stereocenters. The zero-order chi connectivity index (χ0) is 12.4. The highest BCUT2D eigenvalue weighted by Gasteiger charge is 2.28. The third kappa shape index (κ3) is 2.22. The second-order valence-electron chi connectivity index (χ2n) is 4.01. The summed E-state index contributed by atoms with van der Waals surface area (Å²) in [6.45, 7) is 0. The fourth-order valence-corrected chi connectivity index (χ4v) is 1.96. The number of nitrogens with two attached hydrogens (primary N) is 1. The number of nitrogens with one attached hydrogen (secondary N) is 1. The van der Waals surface area contributed by atoms with Crippen molar-refractivity contribution in [2.24, 2.45) is 0 Å². The first-order valence-electron chi connectivity index (χ1n) is 5.39. The molecule has 0 aliphatic carbocycles. The van der Waals surface area contributed by atoms with E-state index in [1.54, 1.807) is 18.2 Å². The van der Waals surface area contributed by atoms with Crippen LogP contribution < -0.4 is 15.8 Å². The molecule has 0 bridgehead atoms. The van der Waals surface area contributed by atoms with Crippen LogP contribution in [0.4, 0.5) is 5.69 Å². The molecule has 1 unspecified atom stereocenters. The fraction of sp³-hybridized carbons (Fsp3) is 0.333. The van der Waals surface area contributed by atoms with Gasteiger partial charge in [0.1, 0.15) is 5.75 Å². The van der Waals surface area contributed by atoms with Crippen molar-refractivity contribution in [3.05, 3.63) is 23.8 Å². The van der Waals surface area contributed by atoms with Gasteiger partial charge in [0.05, 0.1) is 18.7 Å². The fourth-order valence-electron chi connectivity index (χ4n) is 1.96. The Labute approximate surface area is 98.9 Å². The summed E-state index contributed by atoms with van der Waals surface area (Å²) in [6, 6.07) is 5.24.